The molecule has 0 aromatic heterocycles. The zero-order valence-electron chi connectivity index (χ0n) is 8.94. The predicted octanol–water partition coefficient (Wildman–Crippen LogP) is 2.20. The summed E-state index contributed by atoms with van der Waals surface area (Å²) in [5.74, 6) is 0.734. The molecule has 0 aliphatic carbocycles. The van der Waals surface area contributed by atoms with Gasteiger partial charge in [-0.2, -0.15) is 0 Å². The molecule has 1 aliphatic heterocycles. The molecule has 2 heteroatoms. The molecule has 0 amide bonds. The molecule has 1 aliphatic rings. The van der Waals surface area contributed by atoms with Crippen molar-refractivity contribution in [2.75, 3.05) is 6.61 Å². The van der Waals surface area contributed by atoms with E-state index in [-0.39, 0.29) is 0 Å². The van der Waals surface area contributed by atoms with Crippen LogP contribution in [-0.4, -0.2) is 17.8 Å². The monoisotopic (exact) mass is 204 g/mol. The van der Waals surface area contributed by atoms with Crippen molar-refractivity contribution in [1.29, 1.82) is 0 Å². The third-order valence-electron chi connectivity index (χ3n) is 2.74. The van der Waals surface area contributed by atoms with Crippen molar-refractivity contribution in [1.82, 2.24) is 0 Å². The van der Waals surface area contributed by atoms with Gasteiger partial charge in [0.05, 0.1) is 6.61 Å². The Bertz CT molecular complexity index is 369. The molecule has 1 heterocycles. The summed E-state index contributed by atoms with van der Waals surface area (Å²) in [5.41, 5.74) is 2.40. The van der Waals surface area contributed by atoms with Crippen LogP contribution in [0.2, 0.25) is 0 Å². The van der Waals surface area contributed by atoms with Crippen LogP contribution in [0.3, 0.4) is 0 Å². The van der Waals surface area contributed by atoms with Gasteiger partial charge >= 0.3 is 0 Å². The third kappa shape index (κ3) is 2.39. The normalized spacial score (nSPS) is 17.1. The van der Waals surface area contributed by atoms with E-state index >= 15 is 0 Å². The second kappa shape index (κ2) is 4.49. The average Bonchev–Trinajstić information content (AvgIpc) is 2.74. The highest BCUT2D eigenvalue weighted by Gasteiger charge is 2.16. The Kier molecular flexibility index (Phi) is 3.07. The predicted molar refractivity (Wildman–Crippen MR) is 59.5 cm³/mol. The minimum absolute atomic E-state index is 0.492. The van der Waals surface area contributed by atoms with Gasteiger partial charge in [-0.25, -0.2) is 0 Å². The molecule has 1 aromatic carbocycles. The maximum Gasteiger partial charge on any atom is 0.121 e. The largest absolute Gasteiger partial charge is 0.495 e. The van der Waals surface area contributed by atoms with Gasteiger partial charge in [0, 0.05) is 12.8 Å². The standard InChI is InChI=1S/C13H16O2/c1-10-5-2-3-6-11(10)9-12(14)13-7-4-8-15-13/h2-3,5-7,12,14H,4,8-9H2,1H3. The molecule has 1 unspecified atom stereocenters. The van der Waals surface area contributed by atoms with Gasteiger partial charge in [0.25, 0.3) is 0 Å². The Morgan fingerprint density at radius 1 is 1.40 bits per heavy atom. The first-order chi connectivity index (χ1) is 7.27. The highest BCUT2D eigenvalue weighted by Crippen LogP contribution is 2.18. The highest BCUT2D eigenvalue weighted by atomic mass is 16.5. The Hall–Kier alpha value is -1.28. The maximum absolute atomic E-state index is 9.93. The summed E-state index contributed by atoms with van der Waals surface area (Å²) >= 11 is 0. The van der Waals surface area contributed by atoms with Gasteiger partial charge in [-0.3, -0.25) is 0 Å². The van der Waals surface area contributed by atoms with Gasteiger partial charge in [-0.15, -0.1) is 0 Å². The zero-order chi connectivity index (χ0) is 10.7. The summed E-state index contributed by atoms with van der Waals surface area (Å²) in [6.07, 6.45) is 3.04. The van der Waals surface area contributed by atoms with Crippen molar-refractivity contribution < 1.29 is 9.84 Å². The number of ether oxygens (including phenoxy) is 1. The summed E-state index contributed by atoms with van der Waals surface area (Å²) in [4.78, 5) is 0. The second-order valence-corrected chi connectivity index (χ2v) is 3.89. The fourth-order valence-corrected chi connectivity index (χ4v) is 1.82. The first kappa shape index (κ1) is 10.2. The number of aliphatic hydroxyl groups excluding tert-OH is 1. The summed E-state index contributed by atoms with van der Waals surface area (Å²) in [6, 6.07) is 8.12. The summed E-state index contributed by atoms with van der Waals surface area (Å²) in [7, 11) is 0. The molecule has 15 heavy (non-hydrogen) atoms. The number of hydrogen-bond acceptors (Lipinski definition) is 2. The van der Waals surface area contributed by atoms with E-state index in [4.69, 9.17) is 4.74 Å². The van der Waals surface area contributed by atoms with E-state index < -0.39 is 6.10 Å². The number of benzene rings is 1. The van der Waals surface area contributed by atoms with Crippen LogP contribution in [0.15, 0.2) is 36.1 Å². The quantitative estimate of drug-likeness (QED) is 0.818. The lowest BCUT2D eigenvalue weighted by Crippen LogP contribution is -2.14. The molecule has 1 N–H and O–H groups in total. The van der Waals surface area contributed by atoms with Crippen LogP contribution in [0, 0.1) is 6.92 Å². The molecule has 0 radical (unpaired) electrons. The molecular weight excluding hydrogens is 188 g/mol. The Morgan fingerprint density at radius 3 is 2.87 bits per heavy atom. The van der Waals surface area contributed by atoms with Gasteiger partial charge < -0.3 is 9.84 Å². The van der Waals surface area contributed by atoms with Crippen LogP contribution in [0.4, 0.5) is 0 Å². The van der Waals surface area contributed by atoms with Crippen molar-refractivity contribution >= 4 is 0 Å². The number of rotatable bonds is 3. The Balaban J connectivity index is 2.05. The van der Waals surface area contributed by atoms with E-state index in [1.165, 1.54) is 11.1 Å². The van der Waals surface area contributed by atoms with Gasteiger partial charge in [0.15, 0.2) is 0 Å². The Labute approximate surface area is 90.2 Å². The van der Waals surface area contributed by atoms with Crippen molar-refractivity contribution in [2.45, 2.75) is 25.9 Å². The number of aliphatic hydroxyl groups is 1. The topological polar surface area (TPSA) is 29.5 Å². The van der Waals surface area contributed by atoms with Crippen LogP contribution >= 0.6 is 0 Å². The first-order valence-electron chi connectivity index (χ1n) is 5.33. The first-order valence-corrected chi connectivity index (χ1v) is 5.33. The molecule has 0 fully saturated rings. The van der Waals surface area contributed by atoms with E-state index in [9.17, 15) is 5.11 Å². The minimum atomic E-state index is -0.492. The van der Waals surface area contributed by atoms with Gasteiger partial charge in [-0.1, -0.05) is 24.3 Å². The lowest BCUT2D eigenvalue weighted by molar-refractivity contribution is 0.118. The molecule has 0 saturated carbocycles. The molecule has 0 saturated heterocycles. The summed E-state index contributed by atoms with van der Waals surface area (Å²) in [5, 5.41) is 9.93. The van der Waals surface area contributed by atoms with Crippen LogP contribution in [0.1, 0.15) is 17.5 Å². The van der Waals surface area contributed by atoms with Crippen LogP contribution in [0.5, 0.6) is 0 Å². The van der Waals surface area contributed by atoms with E-state index in [0.717, 1.165) is 12.2 Å². The molecule has 2 nitrogen and oxygen atoms in total. The van der Waals surface area contributed by atoms with Crippen LogP contribution in [0.25, 0.3) is 0 Å². The van der Waals surface area contributed by atoms with Crippen molar-refractivity contribution in [3.8, 4) is 0 Å². The molecule has 1 atom stereocenters. The smallest absolute Gasteiger partial charge is 0.121 e. The molecule has 1 aromatic rings. The second-order valence-electron chi connectivity index (χ2n) is 3.89. The van der Waals surface area contributed by atoms with Gasteiger partial charge in [0.1, 0.15) is 11.9 Å². The lowest BCUT2D eigenvalue weighted by Gasteiger charge is -2.13. The van der Waals surface area contributed by atoms with Crippen molar-refractivity contribution in [2.24, 2.45) is 0 Å². The van der Waals surface area contributed by atoms with Gasteiger partial charge in [-0.05, 0) is 24.1 Å². The lowest BCUT2D eigenvalue weighted by atomic mass is 10.0. The fraction of sp³-hybridized carbons (Fsp3) is 0.385. The number of hydrogen-bond donors (Lipinski definition) is 1. The maximum atomic E-state index is 9.93. The third-order valence-corrected chi connectivity index (χ3v) is 2.74. The van der Waals surface area contributed by atoms with E-state index in [0.29, 0.717) is 13.0 Å². The van der Waals surface area contributed by atoms with E-state index in [1.807, 2.05) is 24.3 Å². The molecule has 0 spiro atoms. The molecular formula is C13H16O2. The summed E-state index contributed by atoms with van der Waals surface area (Å²) < 4.78 is 5.34. The average molecular weight is 204 g/mol. The minimum Gasteiger partial charge on any atom is -0.495 e. The zero-order valence-corrected chi connectivity index (χ0v) is 8.94. The van der Waals surface area contributed by atoms with Crippen LogP contribution < -0.4 is 0 Å². The summed E-state index contributed by atoms with van der Waals surface area (Å²) in [6.45, 7) is 2.77. The molecule has 80 valence electrons. The van der Waals surface area contributed by atoms with Crippen LogP contribution in [-0.2, 0) is 11.2 Å². The van der Waals surface area contributed by atoms with Gasteiger partial charge in [0.2, 0.25) is 0 Å². The number of aryl methyl sites for hydroxylation is 1. The van der Waals surface area contributed by atoms with Crippen molar-refractivity contribution in [3.05, 3.63) is 47.2 Å². The van der Waals surface area contributed by atoms with E-state index in [2.05, 4.69) is 13.0 Å². The highest BCUT2D eigenvalue weighted by molar-refractivity contribution is 5.27. The Morgan fingerprint density at radius 2 is 2.20 bits per heavy atom. The van der Waals surface area contributed by atoms with Crippen molar-refractivity contribution in [3.63, 3.8) is 0 Å². The SMILES string of the molecule is Cc1ccccc1CC(O)C1=CCCO1. The molecule has 2 rings (SSSR count). The molecule has 0 bridgehead atoms. The fourth-order valence-electron chi connectivity index (χ4n) is 1.82. The van der Waals surface area contributed by atoms with E-state index in [1.54, 1.807) is 0 Å².